The third kappa shape index (κ3) is 4.52. The Morgan fingerprint density at radius 1 is 0.900 bits per heavy atom. The Balaban J connectivity index is 1.54. The molecular formula is C21H19N3O6. The van der Waals surface area contributed by atoms with E-state index in [0.717, 1.165) is 4.90 Å². The normalized spacial score (nSPS) is 13.5. The first-order valence-electron chi connectivity index (χ1n) is 9.09. The average molecular weight is 409 g/mol. The second-order valence-electron chi connectivity index (χ2n) is 6.62. The van der Waals surface area contributed by atoms with Crippen molar-refractivity contribution in [3.05, 3.63) is 59.7 Å². The number of fused-ring (bicyclic) bond motifs is 1. The van der Waals surface area contributed by atoms with E-state index in [1.54, 1.807) is 36.4 Å². The second-order valence-corrected chi connectivity index (χ2v) is 6.62. The topological polar surface area (TPSA) is 122 Å². The largest absolute Gasteiger partial charge is 0.451 e. The van der Waals surface area contributed by atoms with Gasteiger partial charge in [0.05, 0.1) is 11.1 Å². The zero-order chi connectivity index (χ0) is 21.8. The van der Waals surface area contributed by atoms with Gasteiger partial charge in [0, 0.05) is 18.3 Å². The molecule has 154 valence electrons. The van der Waals surface area contributed by atoms with Crippen LogP contribution in [0.5, 0.6) is 0 Å². The number of imide groups is 1. The molecule has 1 aliphatic heterocycles. The van der Waals surface area contributed by atoms with Gasteiger partial charge < -0.3 is 15.4 Å². The van der Waals surface area contributed by atoms with E-state index in [4.69, 9.17) is 4.74 Å². The van der Waals surface area contributed by atoms with Crippen molar-refractivity contribution < 1.29 is 28.7 Å². The summed E-state index contributed by atoms with van der Waals surface area (Å²) < 4.78 is 5.06. The van der Waals surface area contributed by atoms with E-state index < -0.39 is 36.3 Å². The molecule has 0 spiro atoms. The number of ether oxygens (including phenoxy) is 1. The predicted molar refractivity (Wildman–Crippen MR) is 107 cm³/mol. The lowest BCUT2D eigenvalue weighted by molar-refractivity contribution is -0.153. The molecule has 0 radical (unpaired) electrons. The standard InChI is InChI=1S/C21H19N3O6/c1-12(19(27)23-15-9-7-14(8-10-15)22-13(2)25)30-18(26)11-24-20(28)16-5-3-4-6-17(16)21(24)29/h3-10,12H,11H2,1-2H3,(H,22,25)(H,23,27)/t12-/m0/s1. The Morgan fingerprint density at radius 3 is 1.90 bits per heavy atom. The summed E-state index contributed by atoms with van der Waals surface area (Å²) in [5, 5.41) is 5.18. The molecule has 30 heavy (non-hydrogen) atoms. The maximum Gasteiger partial charge on any atom is 0.326 e. The average Bonchev–Trinajstić information content (AvgIpc) is 2.94. The molecule has 1 atom stereocenters. The molecule has 9 heteroatoms. The first-order chi connectivity index (χ1) is 14.3. The van der Waals surface area contributed by atoms with Crippen molar-refractivity contribution in [3.63, 3.8) is 0 Å². The Morgan fingerprint density at radius 2 is 1.40 bits per heavy atom. The minimum absolute atomic E-state index is 0.217. The fraction of sp³-hybridized carbons (Fsp3) is 0.190. The third-order valence-electron chi connectivity index (χ3n) is 4.32. The maximum atomic E-state index is 12.3. The van der Waals surface area contributed by atoms with Crippen molar-refractivity contribution >= 4 is 41.0 Å². The van der Waals surface area contributed by atoms with E-state index in [-0.39, 0.29) is 17.0 Å². The number of anilines is 2. The Kier molecular flexibility index (Phi) is 5.91. The van der Waals surface area contributed by atoms with Crippen molar-refractivity contribution in [1.82, 2.24) is 4.90 Å². The molecule has 0 saturated carbocycles. The predicted octanol–water partition coefficient (Wildman–Crippen LogP) is 1.81. The van der Waals surface area contributed by atoms with Crippen LogP contribution in [-0.2, 0) is 19.1 Å². The van der Waals surface area contributed by atoms with Crippen LogP contribution in [0.4, 0.5) is 11.4 Å². The number of hydrogen-bond acceptors (Lipinski definition) is 6. The molecule has 2 aromatic carbocycles. The van der Waals surface area contributed by atoms with Crippen molar-refractivity contribution in [2.45, 2.75) is 20.0 Å². The summed E-state index contributed by atoms with van der Waals surface area (Å²) in [5.74, 6) is -2.84. The lowest BCUT2D eigenvalue weighted by Gasteiger charge is -2.17. The zero-order valence-electron chi connectivity index (χ0n) is 16.3. The summed E-state index contributed by atoms with van der Waals surface area (Å²) in [7, 11) is 0. The van der Waals surface area contributed by atoms with E-state index >= 15 is 0 Å². The van der Waals surface area contributed by atoms with Crippen molar-refractivity contribution in [2.24, 2.45) is 0 Å². The lowest BCUT2D eigenvalue weighted by Crippen LogP contribution is -2.38. The van der Waals surface area contributed by atoms with E-state index in [0.29, 0.717) is 11.4 Å². The fourth-order valence-corrected chi connectivity index (χ4v) is 2.88. The number of nitrogens with one attached hydrogen (secondary N) is 2. The van der Waals surface area contributed by atoms with E-state index in [1.165, 1.54) is 26.0 Å². The van der Waals surface area contributed by atoms with Crippen molar-refractivity contribution in [2.75, 3.05) is 17.2 Å². The molecule has 0 aromatic heterocycles. The quantitative estimate of drug-likeness (QED) is 0.554. The molecule has 0 saturated heterocycles. The molecule has 1 aliphatic rings. The zero-order valence-corrected chi connectivity index (χ0v) is 16.3. The molecule has 1 heterocycles. The number of carbonyl (C=O) groups is 5. The molecular weight excluding hydrogens is 390 g/mol. The van der Waals surface area contributed by atoms with E-state index in [2.05, 4.69) is 10.6 Å². The molecule has 4 amide bonds. The van der Waals surface area contributed by atoms with Gasteiger partial charge in [-0.25, -0.2) is 0 Å². The first kappa shape index (κ1) is 20.7. The summed E-state index contributed by atoms with van der Waals surface area (Å²) in [6, 6.07) is 12.6. The third-order valence-corrected chi connectivity index (χ3v) is 4.32. The second kappa shape index (κ2) is 8.56. The Bertz CT molecular complexity index is 996. The molecule has 0 unspecified atom stereocenters. The van der Waals surface area contributed by atoms with Gasteiger partial charge in [-0.15, -0.1) is 0 Å². The molecule has 0 aliphatic carbocycles. The van der Waals surface area contributed by atoms with Gasteiger partial charge in [-0.3, -0.25) is 28.9 Å². The molecule has 0 bridgehead atoms. The van der Waals surface area contributed by atoms with Crippen LogP contribution in [0.1, 0.15) is 34.6 Å². The fourth-order valence-electron chi connectivity index (χ4n) is 2.88. The van der Waals surface area contributed by atoms with E-state index in [1.807, 2.05) is 0 Å². The van der Waals surface area contributed by atoms with Gasteiger partial charge in [-0.2, -0.15) is 0 Å². The van der Waals surface area contributed by atoms with Crippen LogP contribution >= 0.6 is 0 Å². The highest BCUT2D eigenvalue weighted by atomic mass is 16.5. The molecule has 3 rings (SSSR count). The van der Waals surface area contributed by atoms with Crippen LogP contribution in [0.3, 0.4) is 0 Å². The van der Waals surface area contributed by atoms with Gasteiger partial charge >= 0.3 is 5.97 Å². The van der Waals surface area contributed by atoms with Gasteiger partial charge in [-0.1, -0.05) is 12.1 Å². The Labute approximate surface area is 172 Å². The molecule has 2 aromatic rings. The number of nitrogens with zero attached hydrogens (tertiary/aromatic N) is 1. The van der Waals surface area contributed by atoms with Gasteiger partial charge in [0.25, 0.3) is 17.7 Å². The summed E-state index contributed by atoms with van der Waals surface area (Å²) >= 11 is 0. The van der Waals surface area contributed by atoms with Crippen LogP contribution in [-0.4, -0.2) is 47.1 Å². The van der Waals surface area contributed by atoms with Crippen LogP contribution in [0.25, 0.3) is 0 Å². The number of esters is 1. The summed E-state index contributed by atoms with van der Waals surface area (Å²) in [6.07, 6.45) is -1.15. The molecule has 2 N–H and O–H groups in total. The van der Waals surface area contributed by atoms with Gasteiger partial charge in [-0.05, 0) is 43.3 Å². The van der Waals surface area contributed by atoms with Crippen LogP contribution in [0.2, 0.25) is 0 Å². The van der Waals surface area contributed by atoms with Gasteiger partial charge in [0.15, 0.2) is 6.10 Å². The van der Waals surface area contributed by atoms with Crippen LogP contribution in [0.15, 0.2) is 48.5 Å². The smallest absolute Gasteiger partial charge is 0.326 e. The van der Waals surface area contributed by atoms with Crippen LogP contribution in [0, 0.1) is 0 Å². The maximum absolute atomic E-state index is 12.3. The molecule has 9 nitrogen and oxygen atoms in total. The summed E-state index contributed by atoms with van der Waals surface area (Å²) in [6.45, 7) is 2.17. The number of carbonyl (C=O) groups excluding carboxylic acids is 5. The van der Waals surface area contributed by atoms with Gasteiger partial charge in [0.1, 0.15) is 6.54 Å². The highest BCUT2D eigenvalue weighted by molar-refractivity contribution is 6.22. The van der Waals surface area contributed by atoms with Crippen molar-refractivity contribution in [3.8, 4) is 0 Å². The van der Waals surface area contributed by atoms with Gasteiger partial charge in [0.2, 0.25) is 5.91 Å². The summed E-state index contributed by atoms with van der Waals surface area (Å²) in [5.41, 5.74) is 1.46. The minimum Gasteiger partial charge on any atom is -0.451 e. The number of benzene rings is 2. The monoisotopic (exact) mass is 409 g/mol. The highest BCUT2D eigenvalue weighted by Crippen LogP contribution is 2.22. The summed E-state index contributed by atoms with van der Waals surface area (Å²) in [4.78, 5) is 60.8. The SMILES string of the molecule is CC(=O)Nc1ccc(NC(=O)[C@H](C)OC(=O)CN2C(=O)c3ccccc3C2=O)cc1. The van der Waals surface area contributed by atoms with Crippen LogP contribution < -0.4 is 10.6 Å². The minimum atomic E-state index is -1.15. The molecule has 0 fully saturated rings. The van der Waals surface area contributed by atoms with Crippen molar-refractivity contribution in [1.29, 1.82) is 0 Å². The Hall–Kier alpha value is -4.01. The lowest BCUT2D eigenvalue weighted by atomic mass is 10.1. The number of hydrogen-bond donors (Lipinski definition) is 2. The highest BCUT2D eigenvalue weighted by Gasteiger charge is 2.37. The number of amides is 4. The van der Waals surface area contributed by atoms with E-state index in [9.17, 15) is 24.0 Å². The first-order valence-corrected chi connectivity index (χ1v) is 9.09. The number of rotatable bonds is 6.